The molecule has 30 heavy (non-hydrogen) atoms. The van der Waals surface area contributed by atoms with Crippen LogP contribution in [0.2, 0.25) is 0 Å². The first-order chi connectivity index (χ1) is 14.2. The molecule has 0 aromatic heterocycles. The molecule has 1 aliphatic heterocycles. The second-order valence-corrected chi connectivity index (χ2v) is 9.02. The van der Waals surface area contributed by atoms with E-state index in [2.05, 4.69) is 103 Å². The van der Waals surface area contributed by atoms with E-state index in [4.69, 9.17) is 0 Å². The molecule has 0 bridgehead atoms. The van der Waals surface area contributed by atoms with Crippen LogP contribution < -0.4 is 5.32 Å². The first-order valence-corrected chi connectivity index (χ1v) is 11.4. The van der Waals surface area contributed by atoms with Gasteiger partial charge in [-0.3, -0.25) is 0 Å². The summed E-state index contributed by atoms with van der Waals surface area (Å²) in [4.78, 5) is 2.18. The van der Waals surface area contributed by atoms with Gasteiger partial charge in [0, 0.05) is 19.8 Å². The van der Waals surface area contributed by atoms with Gasteiger partial charge in [0.25, 0.3) is 0 Å². The molecule has 0 atom stereocenters. The highest BCUT2D eigenvalue weighted by atomic mass is 15.1. The van der Waals surface area contributed by atoms with E-state index in [1.807, 2.05) is 0 Å². The first-order valence-electron chi connectivity index (χ1n) is 11.4. The predicted molar refractivity (Wildman–Crippen MR) is 134 cm³/mol. The SMILES string of the molecule is C/C=C(\C=C(C)/C(C)=C(\C)N(C)C)C(/C)=C(\C)c1ccc(C2CCNCC2)cc1C. The third-order valence-corrected chi connectivity index (χ3v) is 6.95. The largest absolute Gasteiger partial charge is 0.381 e. The number of rotatable bonds is 6. The van der Waals surface area contributed by atoms with Crippen LogP contribution >= 0.6 is 0 Å². The maximum absolute atomic E-state index is 3.47. The predicted octanol–water partition coefficient (Wildman–Crippen LogP) is 7.00. The van der Waals surface area contributed by atoms with Gasteiger partial charge >= 0.3 is 0 Å². The Hall–Kier alpha value is -2.06. The van der Waals surface area contributed by atoms with Gasteiger partial charge in [-0.15, -0.1) is 0 Å². The van der Waals surface area contributed by atoms with Crippen LogP contribution in [0.15, 0.2) is 58.3 Å². The average molecular weight is 407 g/mol. The Labute approximate surface area is 185 Å². The van der Waals surface area contributed by atoms with Crippen molar-refractivity contribution in [2.75, 3.05) is 27.2 Å². The molecule has 0 unspecified atom stereocenters. The third-order valence-electron chi connectivity index (χ3n) is 6.95. The van der Waals surface area contributed by atoms with Gasteiger partial charge in [0.2, 0.25) is 0 Å². The molecule has 1 heterocycles. The van der Waals surface area contributed by atoms with Crippen molar-refractivity contribution in [2.24, 2.45) is 0 Å². The molecule has 1 aromatic rings. The van der Waals surface area contributed by atoms with Crippen LogP contribution in [0.4, 0.5) is 0 Å². The van der Waals surface area contributed by atoms with E-state index in [0.29, 0.717) is 5.92 Å². The number of nitrogens with one attached hydrogen (secondary N) is 1. The highest BCUT2D eigenvalue weighted by molar-refractivity contribution is 5.74. The second-order valence-electron chi connectivity index (χ2n) is 9.02. The number of piperidine rings is 1. The molecule has 0 spiro atoms. The monoisotopic (exact) mass is 406 g/mol. The zero-order chi connectivity index (χ0) is 22.4. The molecule has 1 aliphatic rings. The van der Waals surface area contributed by atoms with Crippen LogP contribution in [-0.2, 0) is 0 Å². The maximum atomic E-state index is 3.47. The van der Waals surface area contributed by atoms with E-state index in [1.54, 1.807) is 0 Å². The van der Waals surface area contributed by atoms with Crippen LogP contribution in [0.3, 0.4) is 0 Å². The molecule has 2 heteroatoms. The Morgan fingerprint density at radius 2 is 1.63 bits per heavy atom. The Morgan fingerprint density at radius 1 is 1.00 bits per heavy atom. The van der Waals surface area contributed by atoms with Gasteiger partial charge in [-0.1, -0.05) is 30.4 Å². The van der Waals surface area contributed by atoms with Gasteiger partial charge in [-0.05, 0) is 125 Å². The van der Waals surface area contributed by atoms with Crippen LogP contribution in [0.1, 0.15) is 77.0 Å². The number of aryl methyl sites for hydroxylation is 1. The van der Waals surface area contributed by atoms with Crippen molar-refractivity contribution in [2.45, 2.75) is 67.2 Å². The number of nitrogens with zero attached hydrogens (tertiary/aromatic N) is 1. The van der Waals surface area contributed by atoms with Crippen molar-refractivity contribution in [3.8, 4) is 0 Å². The summed E-state index contributed by atoms with van der Waals surface area (Å²) in [6, 6.07) is 7.13. The van der Waals surface area contributed by atoms with Crippen LogP contribution in [0.5, 0.6) is 0 Å². The summed E-state index contributed by atoms with van der Waals surface area (Å²) < 4.78 is 0. The summed E-state index contributed by atoms with van der Waals surface area (Å²) in [6.07, 6.45) is 7.07. The van der Waals surface area contributed by atoms with Gasteiger partial charge in [-0.2, -0.15) is 0 Å². The Morgan fingerprint density at radius 3 is 2.17 bits per heavy atom. The van der Waals surface area contributed by atoms with Gasteiger partial charge in [0.15, 0.2) is 0 Å². The molecule has 0 saturated carbocycles. The van der Waals surface area contributed by atoms with Crippen molar-refractivity contribution in [3.63, 3.8) is 0 Å². The van der Waals surface area contributed by atoms with E-state index in [0.717, 1.165) is 13.1 Å². The summed E-state index contributed by atoms with van der Waals surface area (Å²) >= 11 is 0. The lowest BCUT2D eigenvalue weighted by Gasteiger charge is -2.24. The molecule has 0 radical (unpaired) electrons. The van der Waals surface area contributed by atoms with E-state index in [1.165, 1.54) is 63.1 Å². The van der Waals surface area contributed by atoms with Crippen molar-refractivity contribution in [1.29, 1.82) is 0 Å². The fourth-order valence-corrected chi connectivity index (χ4v) is 4.31. The summed E-state index contributed by atoms with van der Waals surface area (Å²) in [5, 5.41) is 3.47. The number of hydrogen-bond acceptors (Lipinski definition) is 2. The highest BCUT2D eigenvalue weighted by Crippen LogP contribution is 2.32. The van der Waals surface area contributed by atoms with E-state index in [9.17, 15) is 0 Å². The molecule has 0 amide bonds. The van der Waals surface area contributed by atoms with Crippen molar-refractivity contribution in [3.05, 3.63) is 75.0 Å². The van der Waals surface area contributed by atoms with E-state index in [-0.39, 0.29) is 0 Å². The summed E-state index contributed by atoms with van der Waals surface area (Å²) in [5.74, 6) is 0.704. The topological polar surface area (TPSA) is 15.3 Å². The van der Waals surface area contributed by atoms with Crippen molar-refractivity contribution >= 4 is 5.57 Å². The summed E-state index contributed by atoms with van der Waals surface area (Å²) in [7, 11) is 4.21. The molecule has 1 saturated heterocycles. The molecule has 2 nitrogen and oxygen atoms in total. The molecule has 1 fully saturated rings. The molecular weight excluding hydrogens is 364 g/mol. The first kappa shape index (κ1) is 24.2. The van der Waals surface area contributed by atoms with Gasteiger partial charge in [0.1, 0.15) is 0 Å². The molecule has 0 aliphatic carbocycles. The normalized spacial score (nSPS) is 18.2. The summed E-state index contributed by atoms with van der Waals surface area (Å²) in [5.41, 5.74) is 12.2. The standard InChI is InChI=1S/C28H42N2/c1-10-25(17-19(2)21(4)24(7)30(8)9)22(5)23(6)28-12-11-27(18-20(28)3)26-13-15-29-16-14-26/h10-12,17-18,26,29H,13-16H2,1-9H3/b19-17-,23-22+,24-21+,25-10+. The number of benzene rings is 1. The minimum absolute atomic E-state index is 0.704. The minimum atomic E-state index is 0.704. The molecule has 2 rings (SSSR count). The minimum Gasteiger partial charge on any atom is -0.381 e. The highest BCUT2D eigenvalue weighted by Gasteiger charge is 2.16. The van der Waals surface area contributed by atoms with Crippen LogP contribution in [0, 0.1) is 6.92 Å². The number of hydrogen-bond donors (Lipinski definition) is 1. The zero-order valence-corrected chi connectivity index (χ0v) is 20.7. The second kappa shape index (κ2) is 10.8. The molecule has 164 valence electrons. The average Bonchev–Trinajstić information content (AvgIpc) is 2.75. The number of allylic oxidation sites excluding steroid dienone is 8. The molecule has 1 aromatic carbocycles. The fraction of sp³-hybridized carbons (Fsp3) is 0.500. The molecular formula is C28H42N2. The van der Waals surface area contributed by atoms with Gasteiger partial charge in [-0.25, -0.2) is 0 Å². The Bertz CT molecular complexity index is 872. The van der Waals surface area contributed by atoms with Crippen molar-refractivity contribution in [1.82, 2.24) is 10.2 Å². The quantitative estimate of drug-likeness (QED) is 0.511. The lowest BCUT2D eigenvalue weighted by Crippen LogP contribution is -2.26. The van der Waals surface area contributed by atoms with Crippen LogP contribution in [-0.4, -0.2) is 32.1 Å². The Balaban J connectivity index is 2.36. The maximum Gasteiger partial charge on any atom is 0.0128 e. The summed E-state index contributed by atoms with van der Waals surface area (Å²) in [6.45, 7) is 17.8. The van der Waals surface area contributed by atoms with E-state index < -0.39 is 0 Å². The fourth-order valence-electron chi connectivity index (χ4n) is 4.31. The van der Waals surface area contributed by atoms with Gasteiger partial charge in [0.05, 0.1) is 0 Å². The van der Waals surface area contributed by atoms with Crippen LogP contribution in [0.25, 0.3) is 5.57 Å². The smallest absolute Gasteiger partial charge is 0.0128 e. The van der Waals surface area contributed by atoms with Crippen molar-refractivity contribution < 1.29 is 0 Å². The lowest BCUT2D eigenvalue weighted by atomic mass is 9.86. The third kappa shape index (κ3) is 5.76. The van der Waals surface area contributed by atoms with E-state index >= 15 is 0 Å². The van der Waals surface area contributed by atoms with Gasteiger partial charge < -0.3 is 10.2 Å². The Kier molecular flexibility index (Phi) is 8.73. The lowest BCUT2D eigenvalue weighted by molar-refractivity contribution is 0.460. The zero-order valence-electron chi connectivity index (χ0n) is 20.7. The molecule has 1 N–H and O–H groups in total.